The van der Waals surface area contributed by atoms with E-state index in [1.165, 1.54) is 25.2 Å². The molecule has 0 bridgehead atoms. The van der Waals surface area contributed by atoms with Crippen LogP contribution in [0.1, 0.15) is 34.1 Å². The van der Waals surface area contributed by atoms with Crippen LogP contribution in [0.25, 0.3) is 0 Å². The maximum Gasteiger partial charge on any atom is 0.410 e. The highest BCUT2D eigenvalue weighted by Gasteiger charge is 2.34. The standard InChI is InChI=1S/C9H18N2O2.C9H10O4/c1-9(2,3)13-8(12)11-6-4-10-5-7-11;1-9(8(12)13)4-2-3-6(5-9)7(10)11/h10H,4-7H2,1-3H3;2-4H,5H2,1H3,(H,10,11)(H,12,13). The zero-order valence-corrected chi connectivity index (χ0v) is 15.7. The molecule has 8 heteroatoms. The quantitative estimate of drug-likeness (QED) is 0.681. The molecule has 8 nitrogen and oxygen atoms in total. The van der Waals surface area contributed by atoms with Gasteiger partial charge >= 0.3 is 18.0 Å². The van der Waals surface area contributed by atoms with Gasteiger partial charge in [0.2, 0.25) is 0 Å². The molecular formula is C18H28N2O6. The monoisotopic (exact) mass is 368 g/mol. The molecule has 0 aromatic heterocycles. The predicted molar refractivity (Wildman–Crippen MR) is 95.9 cm³/mol. The second kappa shape index (κ2) is 8.84. The molecule has 26 heavy (non-hydrogen) atoms. The topological polar surface area (TPSA) is 116 Å². The Labute approximate surface area is 153 Å². The molecule has 3 N–H and O–H groups in total. The molecule has 0 saturated carbocycles. The normalized spacial score (nSPS) is 22.6. The molecule has 2 aliphatic rings. The number of nitrogens with zero attached hydrogens (tertiary/aromatic N) is 1. The summed E-state index contributed by atoms with van der Waals surface area (Å²) < 4.78 is 5.24. The fourth-order valence-corrected chi connectivity index (χ4v) is 2.36. The number of nitrogens with one attached hydrogen (secondary N) is 1. The molecule has 146 valence electrons. The Morgan fingerprint density at radius 3 is 2.23 bits per heavy atom. The van der Waals surface area contributed by atoms with Crippen LogP contribution in [0.2, 0.25) is 0 Å². The van der Waals surface area contributed by atoms with Crippen LogP contribution in [0.5, 0.6) is 0 Å². The summed E-state index contributed by atoms with van der Waals surface area (Å²) in [5, 5.41) is 20.7. The Kier molecular flexibility index (Phi) is 7.38. The van der Waals surface area contributed by atoms with Crippen molar-refractivity contribution in [3.05, 3.63) is 23.8 Å². The SMILES string of the molecule is CC(C)(C)OC(=O)N1CCNCC1.CC1(C(=O)O)C=CC=C(C(=O)O)C1. The van der Waals surface area contributed by atoms with Gasteiger partial charge in [-0.25, -0.2) is 9.59 Å². The third-order valence-electron chi connectivity index (χ3n) is 3.85. The Balaban J connectivity index is 0.000000260. The van der Waals surface area contributed by atoms with Gasteiger partial charge in [0.1, 0.15) is 5.60 Å². The van der Waals surface area contributed by atoms with Crippen molar-refractivity contribution in [2.45, 2.75) is 39.7 Å². The third-order valence-corrected chi connectivity index (χ3v) is 3.85. The van der Waals surface area contributed by atoms with Crippen molar-refractivity contribution in [1.82, 2.24) is 10.2 Å². The lowest BCUT2D eigenvalue weighted by atomic mass is 9.80. The molecule has 1 unspecified atom stereocenters. The Bertz CT molecular complexity index is 599. The molecule has 2 rings (SSSR count). The lowest BCUT2D eigenvalue weighted by Crippen LogP contribution is -2.48. The van der Waals surface area contributed by atoms with E-state index in [0.717, 1.165) is 26.2 Å². The van der Waals surface area contributed by atoms with Crippen LogP contribution in [-0.2, 0) is 14.3 Å². The molecule has 1 saturated heterocycles. The van der Waals surface area contributed by atoms with Crippen LogP contribution in [0, 0.1) is 5.41 Å². The van der Waals surface area contributed by atoms with Crippen LogP contribution < -0.4 is 5.32 Å². The number of carboxylic acid groups (broad SMARTS) is 2. The summed E-state index contributed by atoms with van der Waals surface area (Å²) >= 11 is 0. The van der Waals surface area contributed by atoms with E-state index in [1.807, 2.05) is 20.8 Å². The summed E-state index contributed by atoms with van der Waals surface area (Å²) in [5.41, 5.74) is -1.34. The minimum absolute atomic E-state index is 0.0359. The first-order chi connectivity index (χ1) is 11.9. The van der Waals surface area contributed by atoms with Gasteiger partial charge in [-0.05, 0) is 34.1 Å². The summed E-state index contributed by atoms with van der Waals surface area (Å²) in [6.07, 6.45) is 4.23. The number of ether oxygens (including phenoxy) is 1. The second-order valence-corrected chi connectivity index (χ2v) is 7.47. The molecule has 1 fully saturated rings. The zero-order valence-electron chi connectivity index (χ0n) is 15.7. The van der Waals surface area contributed by atoms with E-state index in [9.17, 15) is 14.4 Å². The minimum Gasteiger partial charge on any atom is -0.481 e. The summed E-state index contributed by atoms with van der Waals surface area (Å²) in [4.78, 5) is 34.6. The van der Waals surface area contributed by atoms with Gasteiger partial charge in [0, 0.05) is 31.8 Å². The highest BCUT2D eigenvalue weighted by molar-refractivity contribution is 5.90. The average Bonchev–Trinajstić information content (AvgIpc) is 2.54. The molecular weight excluding hydrogens is 340 g/mol. The lowest BCUT2D eigenvalue weighted by molar-refractivity contribution is -0.145. The maximum absolute atomic E-state index is 11.5. The van der Waals surface area contributed by atoms with Gasteiger partial charge in [-0.15, -0.1) is 0 Å². The van der Waals surface area contributed by atoms with Gasteiger partial charge in [-0.2, -0.15) is 0 Å². The van der Waals surface area contributed by atoms with Gasteiger partial charge in [0.15, 0.2) is 0 Å². The molecule has 1 amide bonds. The third kappa shape index (κ3) is 6.87. The molecule has 0 aromatic rings. The van der Waals surface area contributed by atoms with E-state index < -0.39 is 17.4 Å². The van der Waals surface area contributed by atoms with E-state index in [-0.39, 0.29) is 23.7 Å². The highest BCUT2D eigenvalue weighted by atomic mass is 16.6. The lowest BCUT2D eigenvalue weighted by Gasteiger charge is -2.30. The number of amides is 1. The smallest absolute Gasteiger partial charge is 0.410 e. The first kappa shape index (κ1) is 21.7. The van der Waals surface area contributed by atoms with Crippen LogP contribution in [0.15, 0.2) is 23.8 Å². The Hall–Kier alpha value is -2.35. The molecule has 0 radical (unpaired) electrons. The van der Waals surface area contributed by atoms with Gasteiger partial charge in [-0.3, -0.25) is 4.79 Å². The van der Waals surface area contributed by atoms with Crippen LogP contribution in [-0.4, -0.2) is 64.9 Å². The number of aliphatic carboxylic acids is 2. The zero-order chi connectivity index (χ0) is 20.0. The molecule has 1 atom stereocenters. The van der Waals surface area contributed by atoms with Gasteiger partial charge in [0.05, 0.1) is 5.41 Å². The van der Waals surface area contributed by atoms with Crippen LogP contribution in [0.4, 0.5) is 4.79 Å². The largest absolute Gasteiger partial charge is 0.481 e. The Morgan fingerprint density at radius 1 is 1.19 bits per heavy atom. The Morgan fingerprint density at radius 2 is 1.77 bits per heavy atom. The van der Waals surface area contributed by atoms with Crippen LogP contribution in [0.3, 0.4) is 0 Å². The first-order valence-corrected chi connectivity index (χ1v) is 8.48. The maximum atomic E-state index is 11.5. The molecule has 1 aliphatic heterocycles. The number of carboxylic acids is 2. The van der Waals surface area contributed by atoms with E-state index in [0.29, 0.717) is 0 Å². The van der Waals surface area contributed by atoms with Gasteiger partial charge < -0.3 is 25.2 Å². The van der Waals surface area contributed by atoms with E-state index in [1.54, 1.807) is 4.90 Å². The molecule has 0 aromatic carbocycles. The first-order valence-electron chi connectivity index (χ1n) is 8.48. The van der Waals surface area contributed by atoms with Crippen molar-refractivity contribution in [2.75, 3.05) is 26.2 Å². The van der Waals surface area contributed by atoms with Crippen molar-refractivity contribution >= 4 is 18.0 Å². The van der Waals surface area contributed by atoms with Gasteiger partial charge in [-0.1, -0.05) is 18.2 Å². The van der Waals surface area contributed by atoms with Crippen molar-refractivity contribution in [3.8, 4) is 0 Å². The number of hydrogen-bond acceptors (Lipinski definition) is 5. The van der Waals surface area contributed by atoms with Crippen molar-refractivity contribution < 1.29 is 29.3 Å². The fraction of sp³-hybridized carbons (Fsp3) is 0.611. The number of hydrogen-bond donors (Lipinski definition) is 3. The summed E-state index contributed by atoms with van der Waals surface area (Å²) in [5.74, 6) is -2.06. The number of carbonyl (C=O) groups excluding carboxylic acids is 1. The van der Waals surface area contributed by atoms with Gasteiger partial charge in [0.25, 0.3) is 0 Å². The average molecular weight is 368 g/mol. The van der Waals surface area contributed by atoms with E-state index in [2.05, 4.69) is 5.32 Å². The highest BCUT2D eigenvalue weighted by Crippen LogP contribution is 2.31. The van der Waals surface area contributed by atoms with Crippen molar-refractivity contribution in [2.24, 2.45) is 5.41 Å². The number of piperazine rings is 1. The summed E-state index contributed by atoms with van der Waals surface area (Å²) in [6.45, 7) is 10.4. The summed E-state index contributed by atoms with van der Waals surface area (Å²) in [7, 11) is 0. The number of allylic oxidation sites excluding steroid dienone is 2. The van der Waals surface area contributed by atoms with Crippen molar-refractivity contribution in [1.29, 1.82) is 0 Å². The molecule has 1 heterocycles. The van der Waals surface area contributed by atoms with E-state index in [4.69, 9.17) is 14.9 Å². The minimum atomic E-state index is -1.08. The molecule has 1 aliphatic carbocycles. The summed E-state index contributed by atoms with van der Waals surface area (Å²) in [6, 6.07) is 0. The number of carbonyl (C=O) groups is 3. The number of rotatable bonds is 2. The molecule has 0 spiro atoms. The van der Waals surface area contributed by atoms with Crippen molar-refractivity contribution in [3.63, 3.8) is 0 Å². The van der Waals surface area contributed by atoms with Crippen LogP contribution >= 0.6 is 0 Å². The fourth-order valence-electron chi connectivity index (χ4n) is 2.36. The second-order valence-electron chi connectivity index (χ2n) is 7.47. The van der Waals surface area contributed by atoms with E-state index >= 15 is 0 Å². The predicted octanol–water partition coefficient (Wildman–Crippen LogP) is 1.87.